The molecule has 0 radical (unpaired) electrons. The molecule has 0 spiro atoms. The molecule has 1 aromatic heterocycles. The first-order chi connectivity index (χ1) is 8.72. The molecule has 0 aliphatic rings. The Morgan fingerprint density at radius 1 is 1.39 bits per heavy atom. The predicted molar refractivity (Wildman–Crippen MR) is 75.0 cm³/mol. The molecule has 1 unspecified atom stereocenters. The lowest BCUT2D eigenvalue weighted by Gasteiger charge is -2.12. The van der Waals surface area contributed by atoms with E-state index >= 15 is 0 Å². The number of hydrogen-bond acceptors (Lipinski definition) is 3. The summed E-state index contributed by atoms with van der Waals surface area (Å²) in [5, 5.41) is 14.8. The smallest absolute Gasteiger partial charge is 0.106 e. The highest BCUT2D eigenvalue weighted by atomic mass is 35.5. The maximum Gasteiger partial charge on any atom is 0.106 e. The summed E-state index contributed by atoms with van der Waals surface area (Å²) in [7, 11) is 0. The standard InChI is InChI=1S/C13H15ClN2OS/c1-2-16-13(11(14)8-15-16)12(17)9-18-10-6-4-3-5-7-10/h3-8,12,17H,2,9H2,1H3. The number of nitrogens with zero attached hydrogens (tertiary/aromatic N) is 2. The molecular weight excluding hydrogens is 268 g/mol. The van der Waals surface area contributed by atoms with Crippen molar-refractivity contribution in [3.8, 4) is 0 Å². The minimum Gasteiger partial charge on any atom is -0.386 e. The zero-order valence-corrected chi connectivity index (χ0v) is 11.7. The fourth-order valence-electron chi connectivity index (χ4n) is 1.73. The van der Waals surface area contributed by atoms with Crippen molar-refractivity contribution in [1.82, 2.24) is 9.78 Å². The largest absolute Gasteiger partial charge is 0.386 e. The van der Waals surface area contributed by atoms with Crippen molar-refractivity contribution >= 4 is 23.4 Å². The van der Waals surface area contributed by atoms with E-state index in [1.807, 2.05) is 37.3 Å². The van der Waals surface area contributed by atoms with Gasteiger partial charge in [0.05, 0.1) is 16.9 Å². The van der Waals surface area contributed by atoms with Crippen LogP contribution in [0.3, 0.4) is 0 Å². The summed E-state index contributed by atoms with van der Waals surface area (Å²) >= 11 is 7.65. The van der Waals surface area contributed by atoms with Gasteiger partial charge in [0.1, 0.15) is 6.10 Å². The van der Waals surface area contributed by atoms with Crippen LogP contribution < -0.4 is 0 Å². The number of thioether (sulfide) groups is 1. The molecule has 1 atom stereocenters. The number of hydrogen-bond donors (Lipinski definition) is 1. The van der Waals surface area contributed by atoms with E-state index in [2.05, 4.69) is 5.10 Å². The number of benzene rings is 1. The molecule has 96 valence electrons. The average molecular weight is 283 g/mol. The minimum absolute atomic E-state index is 0.526. The van der Waals surface area contributed by atoms with Crippen LogP contribution in [0.15, 0.2) is 41.4 Å². The molecule has 0 saturated carbocycles. The molecule has 0 fully saturated rings. The molecule has 5 heteroatoms. The first-order valence-electron chi connectivity index (χ1n) is 5.79. The van der Waals surface area contributed by atoms with Crippen LogP contribution in [0.25, 0.3) is 0 Å². The van der Waals surface area contributed by atoms with Gasteiger partial charge in [-0.25, -0.2) is 0 Å². The SMILES string of the molecule is CCn1ncc(Cl)c1C(O)CSc1ccccc1. The second-order valence-electron chi connectivity index (χ2n) is 3.83. The third-order valence-electron chi connectivity index (χ3n) is 2.60. The van der Waals surface area contributed by atoms with Gasteiger partial charge in [0, 0.05) is 17.2 Å². The van der Waals surface area contributed by atoms with E-state index in [1.165, 1.54) is 0 Å². The summed E-state index contributed by atoms with van der Waals surface area (Å²) < 4.78 is 1.73. The second-order valence-corrected chi connectivity index (χ2v) is 5.33. The summed E-state index contributed by atoms with van der Waals surface area (Å²) in [6, 6.07) is 9.99. The Morgan fingerprint density at radius 2 is 2.11 bits per heavy atom. The summed E-state index contributed by atoms with van der Waals surface area (Å²) in [5.41, 5.74) is 0.697. The van der Waals surface area contributed by atoms with Crippen molar-refractivity contribution < 1.29 is 5.11 Å². The third kappa shape index (κ3) is 3.07. The Balaban J connectivity index is 2.03. The van der Waals surface area contributed by atoms with Crippen LogP contribution in [-0.4, -0.2) is 20.6 Å². The lowest BCUT2D eigenvalue weighted by atomic mass is 10.3. The van der Waals surface area contributed by atoms with Gasteiger partial charge < -0.3 is 5.11 Å². The molecule has 3 nitrogen and oxygen atoms in total. The van der Waals surface area contributed by atoms with Crippen LogP contribution in [-0.2, 0) is 6.54 Å². The van der Waals surface area contributed by atoms with Crippen molar-refractivity contribution in [3.63, 3.8) is 0 Å². The monoisotopic (exact) mass is 282 g/mol. The molecule has 1 aromatic carbocycles. The highest BCUT2D eigenvalue weighted by Crippen LogP contribution is 2.28. The summed E-state index contributed by atoms with van der Waals surface area (Å²) in [5.74, 6) is 0.565. The van der Waals surface area contributed by atoms with Crippen LogP contribution in [0.2, 0.25) is 5.02 Å². The zero-order valence-electron chi connectivity index (χ0n) is 10.1. The van der Waals surface area contributed by atoms with Crippen molar-refractivity contribution in [2.24, 2.45) is 0 Å². The fourth-order valence-corrected chi connectivity index (χ4v) is 2.85. The highest BCUT2D eigenvalue weighted by molar-refractivity contribution is 7.99. The fraction of sp³-hybridized carbons (Fsp3) is 0.308. The molecule has 2 rings (SSSR count). The minimum atomic E-state index is -0.606. The Bertz CT molecular complexity index is 501. The summed E-state index contributed by atoms with van der Waals surface area (Å²) in [6.45, 7) is 2.68. The molecule has 0 saturated heterocycles. The lowest BCUT2D eigenvalue weighted by Crippen LogP contribution is -2.10. The van der Waals surface area contributed by atoms with E-state index in [-0.39, 0.29) is 0 Å². The van der Waals surface area contributed by atoms with Gasteiger partial charge in [-0.15, -0.1) is 11.8 Å². The summed E-state index contributed by atoms with van der Waals surface area (Å²) in [4.78, 5) is 1.13. The maximum absolute atomic E-state index is 10.2. The van der Waals surface area contributed by atoms with E-state index in [4.69, 9.17) is 11.6 Å². The van der Waals surface area contributed by atoms with Gasteiger partial charge in [0.25, 0.3) is 0 Å². The Kier molecular flexibility index (Phi) is 4.69. The molecule has 0 aliphatic heterocycles. The van der Waals surface area contributed by atoms with Crippen LogP contribution in [0.5, 0.6) is 0 Å². The van der Waals surface area contributed by atoms with E-state index in [9.17, 15) is 5.11 Å². The van der Waals surface area contributed by atoms with Crippen molar-refractivity contribution in [2.45, 2.75) is 24.5 Å². The number of halogens is 1. The van der Waals surface area contributed by atoms with Gasteiger partial charge in [-0.1, -0.05) is 29.8 Å². The molecule has 0 aliphatic carbocycles. The molecular formula is C13H15ClN2OS. The number of aryl methyl sites for hydroxylation is 1. The lowest BCUT2D eigenvalue weighted by molar-refractivity contribution is 0.192. The molecule has 18 heavy (non-hydrogen) atoms. The van der Waals surface area contributed by atoms with Gasteiger partial charge in [0.2, 0.25) is 0 Å². The molecule has 1 N–H and O–H groups in total. The second kappa shape index (κ2) is 6.27. The van der Waals surface area contributed by atoms with Crippen LogP contribution in [0.4, 0.5) is 0 Å². The predicted octanol–water partition coefficient (Wildman–Crippen LogP) is 3.38. The third-order valence-corrected chi connectivity index (χ3v) is 3.98. The van der Waals surface area contributed by atoms with Crippen molar-refractivity contribution in [3.05, 3.63) is 47.2 Å². The zero-order chi connectivity index (χ0) is 13.0. The number of rotatable bonds is 5. The van der Waals surface area contributed by atoms with Gasteiger partial charge in [0.15, 0.2) is 0 Å². The maximum atomic E-state index is 10.2. The molecule has 0 bridgehead atoms. The summed E-state index contributed by atoms with van der Waals surface area (Å²) in [6.07, 6.45) is 0.974. The van der Waals surface area contributed by atoms with E-state index in [1.54, 1.807) is 22.6 Å². The van der Waals surface area contributed by atoms with Gasteiger partial charge in [-0.3, -0.25) is 4.68 Å². The van der Waals surface area contributed by atoms with Crippen LogP contribution >= 0.6 is 23.4 Å². The highest BCUT2D eigenvalue weighted by Gasteiger charge is 2.17. The Hall–Kier alpha value is -0.970. The van der Waals surface area contributed by atoms with Crippen LogP contribution in [0.1, 0.15) is 18.7 Å². The van der Waals surface area contributed by atoms with Crippen molar-refractivity contribution in [1.29, 1.82) is 0 Å². The topological polar surface area (TPSA) is 38.0 Å². The molecule has 2 aromatic rings. The van der Waals surface area contributed by atoms with Crippen LogP contribution in [0, 0.1) is 0 Å². The van der Waals surface area contributed by atoms with Crippen molar-refractivity contribution in [2.75, 3.05) is 5.75 Å². The van der Waals surface area contributed by atoms with E-state index in [0.717, 1.165) is 4.90 Å². The quantitative estimate of drug-likeness (QED) is 0.855. The number of aliphatic hydroxyl groups excluding tert-OH is 1. The Morgan fingerprint density at radius 3 is 2.78 bits per heavy atom. The average Bonchev–Trinajstić information content (AvgIpc) is 2.78. The van der Waals surface area contributed by atoms with E-state index < -0.39 is 6.10 Å². The van der Waals surface area contributed by atoms with Gasteiger partial charge in [-0.2, -0.15) is 5.10 Å². The first-order valence-corrected chi connectivity index (χ1v) is 7.15. The first kappa shape index (κ1) is 13.5. The van der Waals surface area contributed by atoms with E-state index in [0.29, 0.717) is 23.0 Å². The number of aromatic nitrogens is 2. The van der Waals surface area contributed by atoms with Gasteiger partial charge >= 0.3 is 0 Å². The molecule has 0 amide bonds. The normalized spacial score (nSPS) is 12.6. The van der Waals surface area contributed by atoms with Gasteiger partial charge in [-0.05, 0) is 19.1 Å². The molecule has 1 heterocycles. The Labute approximate surface area is 116 Å². The number of aliphatic hydroxyl groups is 1.